The lowest BCUT2D eigenvalue weighted by molar-refractivity contribution is 0.1000. The van der Waals surface area contributed by atoms with Gasteiger partial charge in [-0.2, -0.15) is 0 Å². The Morgan fingerprint density at radius 1 is 1.17 bits per heavy atom. The molecule has 5 nitrogen and oxygen atoms in total. The fourth-order valence-corrected chi connectivity index (χ4v) is 4.31. The molecule has 23 heavy (non-hydrogen) atoms. The molecule has 1 amide bonds. The summed E-state index contributed by atoms with van der Waals surface area (Å²) in [6.07, 6.45) is 1.40. The summed E-state index contributed by atoms with van der Waals surface area (Å²) < 4.78 is 27.7. The highest BCUT2D eigenvalue weighted by Gasteiger charge is 2.28. The molecule has 7 heteroatoms. The zero-order valence-electron chi connectivity index (χ0n) is 12.1. The number of nitrogens with one attached hydrogen (secondary N) is 1. The molecule has 1 atom stereocenters. The summed E-state index contributed by atoms with van der Waals surface area (Å²) in [6.45, 7) is 0. The molecular formula is C16H15ClN2O3S. The molecule has 1 aliphatic rings. The van der Waals surface area contributed by atoms with Crippen LogP contribution in [-0.2, 0) is 16.4 Å². The molecule has 0 saturated heterocycles. The van der Waals surface area contributed by atoms with Gasteiger partial charge in [-0.15, -0.1) is 0 Å². The van der Waals surface area contributed by atoms with E-state index in [0.29, 0.717) is 11.4 Å². The highest BCUT2D eigenvalue weighted by Crippen LogP contribution is 2.36. The number of halogens is 1. The number of fused-ring (bicyclic) bond motifs is 1. The van der Waals surface area contributed by atoms with E-state index in [1.807, 2.05) is 12.1 Å². The monoisotopic (exact) mass is 350 g/mol. The Kier molecular flexibility index (Phi) is 4.14. The predicted octanol–water partition coefficient (Wildman–Crippen LogP) is 2.40. The van der Waals surface area contributed by atoms with Gasteiger partial charge >= 0.3 is 0 Å². The van der Waals surface area contributed by atoms with Crippen molar-refractivity contribution in [3.63, 3.8) is 0 Å². The second-order valence-corrected chi connectivity index (χ2v) is 7.53. The lowest BCUT2D eigenvalue weighted by Crippen LogP contribution is -2.27. The Labute approximate surface area is 139 Å². The summed E-state index contributed by atoms with van der Waals surface area (Å²) in [6, 6.07) is 10.7. The highest BCUT2D eigenvalue weighted by atomic mass is 35.5. The topological polar surface area (TPSA) is 89.3 Å². The normalized spacial score (nSPS) is 17.0. The number of benzene rings is 2. The van der Waals surface area contributed by atoms with Crippen LogP contribution >= 0.6 is 11.6 Å². The van der Waals surface area contributed by atoms with E-state index in [0.717, 1.165) is 17.5 Å². The third-order valence-electron chi connectivity index (χ3n) is 3.96. The molecule has 0 aromatic heterocycles. The van der Waals surface area contributed by atoms with E-state index in [-0.39, 0.29) is 16.5 Å². The summed E-state index contributed by atoms with van der Waals surface area (Å²) in [5.74, 6) is -0.596. The van der Waals surface area contributed by atoms with Crippen molar-refractivity contribution < 1.29 is 13.2 Å². The molecule has 3 rings (SSSR count). The SMILES string of the molecule is NC(=O)c1ccc(S(=O)(=O)N[C@@H]2CCc3c(Cl)cccc32)cc1. The molecule has 0 heterocycles. The van der Waals surface area contributed by atoms with Crippen LogP contribution in [0, 0.1) is 0 Å². The molecule has 2 aromatic carbocycles. The Hall–Kier alpha value is -1.89. The fraction of sp³-hybridized carbons (Fsp3) is 0.188. The van der Waals surface area contributed by atoms with Crippen molar-refractivity contribution in [1.29, 1.82) is 0 Å². The second-order valence-electron chi connectivity index (χ2n) is 5.41. The van der Waals surface area contributed by atoms with E-state index < -0.39 is 15.9 Å². The van der Waals surface area contributed by atoms with E-state index in [9.17, 15) is 13.2 Å². The van der Waals surface area contributed by atoms with Gasteiger partial charge in [0, 0.05) is 16.6 Å². The van der Waals surface area contributed by atoms with Crippen molar-refractivity contribution in [3.05, 3.63) is 64.2 Å². The number of hydrogen-bond donors (Lipinski definition) is 2. The molecule has 0 radical (unpaired) electrons. The number of hydrogen-bond acceptors (Lipinski definition) is 3. The van der Waals surface area contributed by atoms with E-state index in [2.05, 4.69) is 4.72 Å². The van der Waals surface area contributed by atoms with Crippen LogP contribution in [0.25, 0.3) is 0 Å². The van der Waals surface area contributed by atoms with Gasteiger partial charge < -0.3 is 5.73 Å². The third kappa shape index (κ3) is 3.10. The number of nitrogens with two attached hydrogens (primary N) is 1. The van der Waals surface area contributed by atoms with Crippen molar-refractivity contribution in [1.82, 2.24) is 4.72 Å². The molecular weight excluding hydrogens is 336 g/mol. The van der Waals surface area contributed by atoms with E-state index in [1.54, 1.807) is 6.07 Å². The Morgan fingerprint density at radius 3 is 2.52 bits per heavy atom. The summed E-state index contributed by atoms with van der Waals surface area (Å²) in [4.78, 5) is 11.1. The minimum absolute atomic E-state index is 0.0954. The van der Waals surface area contributed by atoms with Gasteiger partial charge in [-0.05, 0) is 54.3 Å². The van der Waals surface area contributed by atoms with Crippen molar-refractivity contribution in [3.8, 4) is 0 Å². The fourth-order valence-electron chi connectivity index (χ4n) is 2.79. The smallest absolute Gasteiger partial charge is 0.248 e. The lowest BCUT2D eigenvalue weighted by Gasteiger charge is -2.15. The number of carbonyl (C=O) groups is 1. The van der Waals surface area contributed by atoms with Crippen LogP contribution in [0.3, 0.4) is 0 Å². The zero-order chi connectivity index (χ0) is 16.6. The Bertz CT molecular complexity index is 863. The number of sulfonamides is 1. The first-order valence-electron chi connectivity index (χ1n) is 7.08. The van der Waals surface area contributed by atoms with Crippen molar-refractivity contribution in [2.45, 2.75) is 23.8 Å². The Morgan fingerprint density at radius 2 is 1.87 bits per heavy atom. The first kappa shape index (κ1) is 16.0. The van der Waals surface area contributed by atoms with Crippen molar-refractivity contribution in [2.75, 3.05) is 0 Å². The van der Waals surface area contributed by atoms with Gasteiger partial charge in [-0.1, -0.05) is 23.7 Å². The van der Waals surface area contributed by atoms with Crippen LogP contribution in [0.1, 0.15) is 33.9 Å². The zero-order valence-corrected chi connectivity index (χ0v) is 13.7. The summed E-state index contributed by atoms with van der Waals surface area (Å²) in [5.41, 5.74) is 7.32. The first-order valence-corrected chi connectivity index (χ1v) is 8.94. The minimum atomic E-state index is -3.69. The molecule has 0 unspecified atom stereocenters. The van der Waals surface area contributed by atoms with Crippen molar-refractivity contribution >= 4 is 27.5 Å². The van der Waals surface area contributed by atoms with Gasteiger partial charge in [0.1, 0.15) is 0 Å². The van der Waals surface area contributed by atoms with Crippen LogP contribution < -0.4 is 10.5 Å². The summed E-state index contributed by atoms with van der Waals surface area (Å²) >= 11 is 6.15. The summed E-state index contributed by atoms with van der Waals surface area (Å²) in [5, 5.41) is 0.662. The second kappa shape index (κ2) is 5.96. The van der Waals surface area contributed by atoms with Gasteiger partial charge in [0.25, 0.3) is 0 Å². The van der Waals surface area contributed by atoms with E-state index in [1.165, 1.54) is 24.3 Å². The predicted molar refractivity (Wildman–Crippen MR) is 87.8 cm³/mol. The average molecular weight is 351 g/mol. The quantitative estimate of drug-likeness (QED) is 0.887. The van der Waals surface area contributed by atoms with Crippen LogP contribution in [0.4, 0.5) is 0 Å². The van der Waals surface area contributed by atoms with Gasteiger partial charge in [0.2, 0.25) is 15.9 Å². The van der Waals surface area contributed by atoms with E-state index in [4.69, 9.17) is 17.3 Å². The third-order valence-corrected chi connectivity index (χ3v) is 5.80. The molecule has 3 N–H and O–H groups in total. The number of rotatable bonds is 4. The lowest BCUT2D eigenvalue weighted by atomic mass is 10.1. The minimum Gasteiger partial charge on any atom is -0.366 e. The Balaban J connectivity index is 1.86. The largest absolute Gasteiger partial charge is 0.366 e. The maximum Gasteiger partial charge on any atom is 0.248 e. The van der Waals surface area contributed by atoms with Crippen LogP contribution in [0.5, 0.6) is 0 Å². The molecule has 0 fully saturated rings. The summed E-state index contributed by atoms with van der Waals surface area (Å²) in [7, 11) is -3.69. The van der Waals surface area contributed by atoms with Gasteiger partial charge in [-0.25, -0.2) is 13.1 Å². The standard InChI is InChI=1S/C16H15ClN2O3S/c17-14-3-1-2-13-12(14)8-9-15(13)19-23(21,22)11-6-4-10(5-7-11)16(18)20/h1-7,15,19H,8-9H2,(H2,18,20)/t15-/m1/s1. The molecule has 2 aromatic rings. The van der Waals surface area contributed by atoms with Crippen LogP contribution in [0.2, 0.25) is 5.02 Å². The maximum atomic E-state index is 12.5. The number of amides is 1. The van der Waals surface area contributed by atoms with Gasteiger partial charge in [0.15, 0.2) is 0 Å². The van der Waals surface area contributed by atoms with Crippen molar-refractivity contribution in [2.24, 2.45) is 5.73 Å². The number of primary amides is 1. The number of carbonyl (C=O) groups excluding carboxylic acids is 1. The molecule has 0 spiro atoms. The molecule has 0 aliphatic heterocycles. The maximum absolute atomic E-state index is 12.5. The van der Waals surface area contributed by atoms with Gasteiger partial charge in [-0.3, -0.25) is 4.79 Å². The molecule has 120 valence electrons. The van der Waals surface area contributed by atoms with Crippen LogP contribution in [-0.4, -0.2) is 14.3 Å². The van der Waals surface area contributed by atoms with Crippen LogP contribution in [0.15, 0.2) is 47.4 Å². The molecule has 0 bridgehead atoms. The van der Waals surface area contributed by atoms with Gasteiger partial charge in [0.05, 0.1) is 4.90 Å². The molecule has 1 aliphatic carbocycles. The average Bonchev–Trinajstić information content (AvgIpc) is 2.91. The van der Waals surface area contributed by atoms with E-state index >= 15 is 0 Å². The highest BCUT2D eigenvalue weighted by molar-refractivity contribution is 7.89. The first-order chi connectivity index (χ1) is 10.9. The molecule has 0 saturated carbocycles.